The van der Waals surface area contributed by atoms with Crippen LogP contribution in [0, 0.1) is 10.1 Å². The molecular weight excluding hydrogens is 326 g/mol. The predicted molar refractivity (Wildman–Crippen MR) is 93.2 cm³/mol. The molecule has 0 fully saturated rings. The lowest BCUT2D eigenvalue weighted by Crippen LogP contribution is -2.14. The number of aromatic nitrogens is 1. The van der Waals surface area contributed by atoms with Gasteiger partial charge in [-0.3, -0.25) is 14.9 Å². The molecule has 0 spiro atoms. The first-order valence-electron chi connectivity index (χ1n) is 7.42. The zero-order valence-electron chi connectivity index (χ0n) is 13.2. The minimum atomic E-state index is -0.524. The molecule has 0 bridgehead atoms. The monoisotopic (exact) mass is 341 g/mol. The maximum Gasteiger partial charge on any atom is 0.279 e. The maximum absolute atomic E-state index is 12.4. The Morgan fingerprint density at radius 3 is 2.75 bits per heavy atom. The van der Waals surface area contributed by atoms with Crippen LogP contribution in [0.2, 0.25) is 0 Å². The van der Waals surface area contributed by atoms with Gasteiger partial charge in [-0.05, 0) is 24.1 Å². The van der Waals surface area contributed by atoms with Crippen molar-refractivity contribution in [3.63, 3.8) is 0 Å². The van der Waals surface area contributed by atoms with Crippen LogP contribution in [-0.4, -0.2) is 15.4 Å². The lowest BCUT2D eigenvalue weighted by Gasteiger charge is -2.02. The minimum absolute atomic E-state index is 0.120. The van der Waals surface area contributed by atoms with Gasteiger partial charge in [0.1, 0.15) is 0 Å². The van der Waals surface area contributed by atoms with Crippen molar-refractivity contribution in [3.8, 4) is 0 Å². The van der Waals surface area contributed by atoms with Gasteiger partial charge in [0, 0.05) is 24.7 Å². The molecule has 24 heavy (non-hydrogen) atoms. The van der Waals surface area contributed by atoms with Gasteiger partial charge in [0.05, 0.1) is 15.1 Å². The number of carbonyl (C=O) groups is 1. The normalized spacial score (nSPS) is 11.8. The Labute approximate surface area is 141 Å². The lowest BCUT2D eigenvalue weighted by atomic mass is 10.1. The number of hydrogen-bond donors (Lipinski definition) is 0. The van der Waals surface area contributed by atoms with Crippen LogP contribution in [0.3, 0.4) is 0 Å². The van der Waals surface area contributed by atoms with Crippen LogP contribution in [0.25, 0.3) is 10.2 Å². The van der Waals surface area contributed by atoms with E-state index in [2.05, 4.69) is 18.0 Å². The average Bonchev–Trinajstić information content (AvgIpc) is 2.91. The Hall–Kier alpha value is -2.80. The first kappa shape index (κ1) is 16.1. The molecule has 0 saturated heterocycles. The van der Waals surface area contributed by atoms with Gasteiger partial charge in [-0.2, -0.15) is 4.99 Å². The third-order valence-electron chi connectivity index (χ3n) is 3.79. The molecule has 6 nitrogen and oxygen atoms in total. The van der Waals surface area contributed by atoms with Crippen molar-refractivity contribution in [2.75, 3.05) is 0 Å². The van der Waals surface area contributed by atoms with E-state index >= 15 is 0 Å². The molecule has 0 aliphatic heterocycles. The third kappa shape index (κ3) is 2.85. The molecule has 122 valence electrons. The Morgan fingerprint density at radius 1 is 1.29 bits per heavy atom. The fourth-order valence-electron chi connectivity index (χ4n) is 2.58. The summed E-state index contributed by atoms with van der Waals surface area (Å²) in [5.41, 5.74) is 2.34. The molecule has 0 aliphatic rings. The second-order valence-corrected chi connectivity index (χ2v) is 6.29. The minimum Gasteiger partial charge on any atom is -0.319 e. The Bertz CT molecular complexity index is 1020. The van der Waals surface area contributed by atoms with Gasteiger partial charge in [-0.25, -0.2) is 0 Å². The van der Waals surface area contributed by atoms with Crippen molar-refractivity contribution < 1.29 is 9.72 Å². The highest BCUT2D eigenvalue weighted by atomic mass is 32.1. The number of amides is 1. The summed E-state index contributed by atoms with van der Waals surface area (Å²) in [5.74, 6) is -0.487. The number of fused-ring (bicyclic) bond motifs is 1. The van der Waals surface area contributed by atoms with Gasteiger partial charge < -0.3 is 4.57 Å². The number of benzene rings is 2. The van der Waals surface area contributed by atoms with E-state index in [4.69, 9.17) is 0 Å². The van der Waals surface area contributed by atoms with Crippen molar-refractivity contribution in [1.29, 1.82) is 0 Å². The predicted octanol–water partition coefficient (Wildman–Crippen LogP) is 3.45. The Kier molecular flexibility index (Phi) is 4.26. The second-order valence-electron chi connectivity index (χ2n) is 5.29. The number of nitrogens with zero attached hydrogens (tertiary/aromatic N) is 3. The molecule has 0 N–H and O–H groups in total. The number of non-ortho nitro benzene ring substituents is 1. The molecule has 0 saturated carbocycles. The van der Waals surface area contributed by atoms with Gasteiger partial charge in [-0.1, -0.05) is 36.5 Å². The number of para-hydroxylation sites is 1. The van der Waals surface area contributed by atoms with Crippen molar-refractivity contribution in [2.24, 2.45) is 12.0 Å². The van der Waals surface area contributed by atoms with E-state index in [1.807, 2.05) is 23.7 Å². The topological polar surface area (TPSA) is 77.5 Å². The summed E-state index contributed by atoms with van der Waals surface area (Å²) in [6.07, 6.45) is 0.889. The molecule has 0 unspecified atom stereocenters. The van der Waals surface area contributed by atoms with E-state index in [9.17, 15) is 14.9 Å². The molecule has 7 heteroatoms. The summed E-state index contributed by atoms with van der Waals surface area (Å²) in [7, 11) is 1.87. The molecular formula is C17H15N3O3S. The van der Waals surface area contributed by atoms with E-state index in [0.717, 1.165) is 16.6 Å². The maximum atomic E-state index is 12.4. The van der Waals surface area contributed by atoms with Crippen LogP contribution in [0.1, 0.15) is 22.8 Å². The molecule has 0 atom stereocenters. The largest absolute Gasteiger partial charge is 0.319 e. The number of nitro groups is 1. The second kappa shape index (κ2) is 6.37. The fraction of sp³-hybridized carbons (Fsp3) is 0.176. The molecule has 0 radical (unpaired) electrons. The van der Waals surface area contributed by atoms with E-state index in [1.165, 1.54) is 41.2 Å². The first-order chi connectivity index (χ1) is 11.5. The van der Waals surface area contributed by atoms with Crippen LogP contribution >= 0.6 is 11.3 Å². The highest BCUT2D eigenvalue weighted by Crippen LogP contribution is 2.21. The van der Waals surface area contributed by atoms with Crippen molar-refractivity contribution >= 4 is 33.1 Å². The van der Waals surface area contributed by atoms with Gasteiger partial charge >= 0.3 is 0 Å². The number of rotatable bonds is 3. The Balaban J connectivity index is 2.10. The summed E-state index contributed by atoms with van der Waals surface area (Å²) in [6, 6.07) is 11.7. The zero-order valence-corrected chi connectivity index (χ0v) is 14.0. The average molecular weight is 341 g/mol. The van der Waals surface area contributed by atoms with E-state index in [1.54, 1.807) is 0 Å². The van der Waals surface area contributed by atoms with E-state index < -0.39 is 10.8 Å². The number of thiazole rings is 1. The molecule has 3 rings (SSSR count). The quantitative estimate of drug-likeness (QED) is 0.541. The summed E-state index contributed by atoms with van der Waals surface area (Å²) in [4.78, 5) is 27.4. The SMILES string of the molecule is CCc1cccc2sc(=NC(=O)c3cccc([N+](=O)[O-])c3)n(C)c12. The molecule has 3 aromatic rings. The van der Waals surface area contributed by atoms with E-state index in [-0.39, 0.29) is 11.3 Å². The number of hydrogen-bond acceptors (Lipinski definition) is 4. The molecule has 0 aliphatic carbocycles. The summed E-state index contributed by atoms with van der Waals surface area (Å²) in [6.45, 7) is 2.08. The molecule has 1 heterocycles. The van der Waals surface area contributed by atoms with E-state index in [0.29, 0.717) is 4.80 Å². The standard InChI is InChI=1S/C17H15N3O3S/c1-3-11-6-5-9-14-15(11)19(2)17(24-14)18-16(21)12-7-4-8-13(10-12)20(22)23/h4-10H,3H2,1-2H3. The Morgan fingerprint density at radius 2 is 2.04 bits per heavy atom. The van der Waals surface area contributed by atoms with Gasteiger partial charge in [0.15, 0.2) is 4.80 Å². The van der Waals surface area contributed by atoms with Crippen LogP contribution in [0.4, 0.5) is 5.69 Å². The zero-order chi connectivity index (χ0) is 17.3. The van der Waals surface area contributed by atoms with Crippen LogP contribution in [0.15, 0.2) is 47.5 Å². The number of nitro benzene ring substituents is 1. The van der Waals surface area contributed by atoms with Crippen LogP contribution in [0.5, 0.6) is 0 Å². The summed E-state index contributed by atoms with van der Waals surface area (Å²) >= 11 is 1.43. The summed E-state index contributed by atoms with van der Waals surface area (Å²) < 4.78 is 2.95. The van der Waals surface area contributed by atoms with Crippen molar-refractivity contribution in [2.45, 2.75) is 13.3 Å². The summed E-state index contributed by atoms with van der Waals surface area (Å²) in [5, 5.41) is 10.8. The third-order valence-corrected chi connectivity index (χ3v) is 4.89. The van der Waals surface area contributed by atoms with Crippen LogP contribution in [-0.2, 0) is 13.5 Å². The molecule has 1 aromatic heterocycles. The smallest absolute Gasteiger partial charge is 0.279 e. The van der Waals surface area contributed by atoms with Gasteiger partial charge in [-0.15, -0.1) is 0 Å². The van der Waals surface area contributed by atoms with Crippen molar-refractivity contribution in [3.05, 3.63) is 68.5 Å². The van der Waals surface area contributed by atoms with Crippen LogP contribution < -0.4 is 4.80 Å². The number of carbonyl (C=O) groups excluding carboxylic acids is 1. The number of aryl methyl sites for hydroxylation is 2. The fourth-order valence-corrected chi connectivity index (χ4v) is 3.65. The molecule has 1 amide bonds. The lowest BCUT2D eigenvalue weighted by molar-refractivity contribution is -0.384. The highest BCUT2D eigenvalue weighted by Gasteiger charge is 2.12. The molecule has 2 aromatic carbocycles. The first-order valence-corrected chi connectivity index (χ1v) is 8.24. The highest BCUT2D eigenvalue weighted by molar-refractivity contribution is 7.16. The van der Waals surface area contributed by atoms with Crippen molar-refractivity contribution in [1.82, 2.24) is 4.57 Å². The van der Waals surface area contributed by atoms with Gasteiger partial charge in [0.25, 0.3) is 11.6 Å². The van der Waals surface area contributed by atoms with Gasteiger partial charge in [0.2, 0.25) is 0 Å².